The van der Waals surface area contributed by atoms with Crippen LogP contribution in [-0.4, -0.2) is 41.5 Å². The number of rotatable bonds is 12. The summed E-state index contributed by atoms with van der Waals surface area (Å²) in [5.41, 5.74) is 1.55. The number of carbonyl (C=O) groups excluding carboxylic acids is 1. The van der Waals surface area contributed by atoms with Crippen LogP contribution >= 0.6 is 11.8 Å². The molecule has 1 heterocycles. The van der Waals surface area contributed by atoms with Crippen LogP contribution in [0.25, 0.3) is 10.9 Å². The van der Waals surface area contributed by atoms with E-state index in [9.17, 15) is 9.59 Å². The number of carbonyl (C=O) groups is 1. The van der Waals surface area contributed by atoms with Crippen molar-refractivity contribution in [2.45, 2.75) is 56.5 Å². The average Bonchev–Trinajstić information content (AvgIpc) is 2.86. The molecular formula is C26H33N3O4S. The van der Waals surface area contributed by atoms with E-state index in [0.29, 0.717) is 53.5 Å². The maximum atomic E-state index is 13.4. The highest BCUT2D eigenvalue weighted by Gasteiger charge is 2.21. The number of amides is 1. The number of hydrogen-bond acceptors (Lipinski definition) is 6. The third-order valence-corrected chi connectivity index (χ3v) is 6.99. The highest BCUT2D eigenvalue weighted by atomic mass is 32.2. The number of hydrogen-bond donors (Lipinski definition) is 1. The molecule has 0 aliphatic heterocycles. The van der Waals surface area contributed by atoms with Gasteiger partial charge in [0.15, 0.2) is 16.7 Å². The van der Waals surface area contributed by atoms with Crippen LogP contribution in [0.3, 0.4) is 0 Å². The number of ether oxygens (including phenoxy) is 2. The number of benzene rings is 2. The van der Waals surface area contributed by atoms with E-state index in [-0.39, 0.29) is 16.7 Å². The number of methoxy groups -OCH3 is 2. The Morgan fingerprint density at radius 2 is 1.88 bits per heavy atom. The van der Waals surface area contributed by atoms with E-state index in [4.69, 9.17) is 14.5 Å². The SMILES string of the molecule is CCCCNC(=O)[C@@H](CC)Sc1nc2ccccc2c(=O)n1CCc1ccc(OC)c(OC)c1. The first kappa shape index (κ1) is 25.6. The number of nitrogens with zero attached hydrogens (tertiary/aromatic N) is 2. The number of fused-ring (bicyclic) bond motifs is 1. The zero-order chi connectivity index (χ0) is 24.5. The summed E-state index contributed by atoms with van der Waals surface area (Å²) >= 11 is 1.35. The molecule has 0 saturated heterocycles. The lowest BCUT2D eigenvalue weighted by atomic mass is 10.1. The summed E-state index contributed by atoms with van der Waals surface area (Å²) in [6.07, 6.45) is 3.21. The molecule has 1 atom stereocenters. The molecule has 0 saturated carbocycles. The Bertz CT molecular complexity index is 1180. The number of aromatic nitrogens is 2. The number of nitrogens with one attached hydrogen (secondary N) is 1. The second-order valence-corrected chi connectivity index (χ2v) is 9.14. The van der Waals surface area contributed by atoms with Gasteiger partial charge in [-0.1, -0.05) is 50.2 Å². The summed E-state index contributed by atoms with van der Waals surface area (Å²) in [7, 11) is 3.20. The Hall–Kier alpha value is -3.00. The summed E-state index contributed by atoms with van der Waals surface area (Å²) in [6, 6.07) is 13.1. The van der Waals surface area contributed by atoms with E-state index in [0.717, 1.165) is 18.4 Å². The van der Waals surface area contributed by atoms with Gasteiger partial charge in [0.25, 0.3) is 5.56 Å². The van der Waals surface area contributed by atoms with E-state index >= 15 is 0 Å². The van der Waals surface area contributed by atoms with Crippen LogP contribution in [0.15, 0.2) is 52.4 Å². The molecule has 1 aromatic heterocycles. The van der Waals surface area contributed by atoms with Gasteiger partial charge in [0.05, 0.1) is 30.4 Å². The van der Waals surface area contributed by atoms with E-state index in [1.807, 2.05) is 43.3 Å². The second-order valence-electron chi connectivity index (χ2n) is 7.97. The normalized spacial score (nSPS) is 11.9. The first-order valence-electron chi connectivity index (χ1n) is 11.7. The molecule has 0 spiro atoms. The van der Waals surface area contributed by atoms with E-state index in [1.165, 1.54) is 11.8 Å². The fourth-order valence-electron chi connectivity index (χ4n) is 3.66. The summed E-state index contributed by atoms with van der Waals surface area (Å²) < 4.78 is 12.4. The van der Waals surface area contributed by atoms with Gasteiger partial charge in [-0.15, -0.1) is 0 Å². The van der Waals surface area contributed by atoms with Gasteiger partial charge in [0, 0.05) is 13.1 Å². The van der Waals surface area contributed by atoms with Crippen molar-refractivity contribution >= 4 is 28.6 Å². The van der Waals surface area contributed by atoms with Crippen LogP contribution in [0, 0.1) is 0 Å². The van der Waals surface area contributed by atoms with Crippen molar-refractivity contribution in [2.75, 3.05) is 20.8 Å². The largest absolute Gasteiger partial charge is 0.493 e. The smallest absolute Gasteiger partial charge is 0.262 e. The van der Waals surface area contributed by atoms with E-state index < -0.39 is 0 Å². The third kappa shape index (κ3) is 6.11. The Morgan fingerprint density at radius 1 is 1.12 bits per heavy atom. The molecule has 3 rings (SSSR count). The number of thioether (sulfide) groups is 1. The minimum absolute atomic E-state index is 0.0187. The van der Waals surface area contributed by atoms with Crippen molar-refractivity contribution in [3.63, 3.8) is 0 Å². The van der Waals surface area contributed by atoms with Gasteiger partial charge in [0.2, 0.25) is 5.91 Å². The van der Waals surface area contributed by atoms with Crippen LogP contribution in [0.2, 0.25) is 0 Å². The molecular weight excluding hydrogens is 450 g/mol. The highest BCUT2D eigenvalue weighted by molar-refractivity contribution is 8.00. The van der Waals surface area contributed by atoms with Crippen LogP contribution in [-0.2, 0) is 17.8 Å². The minimum atomic E-state index is -0.322. The van der Waals surface area contributed by atoms with Crippen LogP contribution < -0.4 is 20.3 Å². The summed E-state index contributed by atoms with van der Waals surface area (Å²) in [5.74, 6) is 1.29. The Morgan fingerprint density at radius 3 is 2.59 bits per heavy atom. The first-order valence-corrected chi connectivity index (χ1v) is 12.5. The molecule has 0 radical (unpaired) electrons. The maximum absolute atomic E-state index is 13.4. The molecule has 1 amide bonds. The van der Waals surface area contributed by atoms with Gasteiger partial charge in [-0.2, -0.15) is 0 Å². The summed E-state index contributed by atoms with van der Waals surface area (Å²) in [5, 5.41) is 3.81. The lowest BCUT2D eigenvalue weighted by Crippen LogP contribution is -2.34. The molecule has 182 valence electrons. The topological polar surface area (TPSA) is 82.5 Å². The molecule has 34 heavy (non-hydrogen) atoms. The molecule has 0 unspecified atom stereocenters. The minimum Gasteiger partial charge on any atom is -0.493 e. The van der Waals surface area contributed by atoms with Gasteiger partial charge in [0.1, 0.15) is 0 Å². The van der Waals surface area contributed by atoms with Crippen molar-refractivity contribution in [3.8, 4) is 11.5 Å². The zero-order valence-electron chi connectivity index (χ0n) is 20.3. The Balaban J connectivity index is 1.91. The fraction of sp³-hybridized carbons (Fsp3) is 0.423. The molecule has 0 bridgehead atoms. The van der Waals surface area contributed by atoms with E-state index in [2.05, 4.69) is 12.2 Å². The van der Waals surface area contributed by atoms with Crippen molar-refractivity contribution in [2.24, 2.45) is 0 Å². The van der Waals surface area contributed by atoms with Crippen LogP contribution in [0.1, 0.15) is 38.7 Å². The van der Waals surface area contributed by atoms with Gasteiger partial charge in [-0.3, -0.25) is 14.2 Å². The predicted octanol–water partition coefficient (Wildman–Crippen LogP) is 4.44. The van der Waals surface area contributed by atoms with Gasteiger partial charge < -0.3 is 14.8 Å². The van der Waals surface area contributed by atoms with Crippen molar-refractivity contribution in [3.05, 3.63) is 58.4 Å². The van der Waals surface area contributed by atoms with Crippen molar-refractivity contribution < 1.29 is 14.3 Å². The fourth-order valence-corrected chi connectivity index (χ4v) is 4.73. The molecule has 1 N–H and O–H groups in total. The number of para-hydroxylation sites is 1. The lowest BCUT2D eigenvalue weighted by molar-refractivity contribution is -0.120. The average molecular weight is 484 g/mol. The molecule has 2 aromatic carbocycles. The first-order chi connectivity index (χ1) is 16.5. The quantitative estimate of drug-likeness (QED) is 0.233. The molecule has 0 fully saturated rings. The molecule has 8 heteroatoms. The Labute approximate surface area is 204 Å². The summed E-state index contributed by atoms with van der Waals surface area (Å²) in [4.78, 5) is 30.9. The van der Waals surface area contributed by atoms with Gasteiger partial charge in [-0.05, 0) is 49.1 Å². The highest BCUT2D eigenvalue weighted by Crippen LogP contribution is 2.29. The van der Waals surface area contributed by atoms with E-state index in [1.54, 1.807) is 24.9 Å². The standard InChI is InChI=1S/C26H33N3O4S/c1-5-7-15-27-24(30)23(6-2)34-26-28-20-11-9-8-10-19(20)25(31)29(26)16-14-18-12-13-21(32-3)22(17-18)33-4/h8-13,17,23H,5-7,14-16H2,1-4H3,(H,27,30)/t23-/m1/s1. The van der Waals surface area contributed by atoms with Crippen molar-refractivity contribution in [1.82, 2.24) is 14.9 Å². The molecule has 0 aliphatic carbocycles. The number of aryl methyl sites for hydroxylation is 1. The van der Waals surface area contributed by atoms with Crippen LogP contribution in [0.5, 0.6) is 11.5 Å². The lowest BCUT2D eigenvalue weighted by Gasteiger charge is -2.18. The predicted molar refractivity (Wildman–Crippen MR) is 137 cm³/mol. The molecule has 0 aliphatic rings. The van der Waals surface area contributed by atoms with Crippen LogP contribution in [0.4, 0.5) is 0 Å². The summed E-state index contributed by atoms with van der Waals surface area (Å²) in [6.45, 7) is 5.16. The zero-order valence-corrected chi connectivity index (χ0v) is 21.1. The third-order valence-electron chi connectivity index (χ3n) is 5.64. The van der Waals surface area contributed by atoms with Gasteiger partial charge >= 0.3 is 0 Å². The Kier molecular flexibility index (Phi) is 9.39. The molecule has 3 aromatic rings. The van der Waals surface area contributed by atoms with Crippen molar-refractivity contribution in [1.29, 1.82) is 0 Å². The van der Waals surface area contributed by atoms with Gasteiger partial charge in [-0.25, -0.2) is 4.98 Å². The second kappa shape index (κ2) is 12.5. The maximum Gasteiger partial charge on any atom is 0.262 e. The monoisotopic (exact) mass is 483 g/mol. The number of unbranched alkanes of at least 4 members (excludes halogenated alkanes) is 1. The molecule has 7 nitrogen and oxygen atoms in total.